The maximum absolute atomic E-state index is 13.6. The Morgan fingerprint density at radius 3 is 2.29 bits per heavy atom. The molecule has 4 fully saturated rings. The zero-order valence-electron chi connectivity index (χ0n) is 26.4. The first kappa shape index (κ1) is 30.7. The minimum Gasteiger partial charge on any atom is -0.346 e. The van der Waals surface area contributed by atoms with Gasteiger partial charge in [0.1, 0.15) is 4.83 Å². The number of nitrogens with one attached hydrogen (secondary N) is 1. The second-order valence-corrected chi connectivity index (χ2v) is 17.2. The molecule has 1 atom stereocenters. The van der Waals surface area contributed by atoms with Gasteiger partial charge in [0, 0.05) is 60.5 Å². The lowest BCUT2D eigenvalue weighted by Gasteiger charge is -2.27. The van der Waals surface area contributed by atoms with E-state index in [4.69, 9.17) is 0 Å². The third-order valence-corrected chi connectivity index (χ3v) is 13.3. The molecule has 4 aliphatic rings. The molecule has 2 amide bonds. The number of rotatable bonds is 8. The van der Waals surface area contributed by atoms with Crippen LogP contribution in [0.4, 0.5) is 0 Å². The fraction of sp³-hybridized carbons (Fsp3) is 0.543. The molecule has 1 aromatic carbocycles. The van der Waals surface area contributed by atoms with Crippen LogP contribution in [0.3, 0.4) is 0 Å². The van der Waals surface area contributed by atoms with Crippen LogP contribution < -0.4 is 0 Å². The molecule has 1 N–H and O–H groups in total. The zero-order valence-corrected chi connectivity index (χ0v) is 28.1. The molecule has 0 aliphatic carbocycles. The SMILES string of the molecule is C=C(C(=O)N1C2CCC1CC2)c1cc2c(CCN3CCC(CC(=O)N4CCS(=O)(=O)CC4)C3)c(-c3cc(C)cc(C)c3)[nH]c2s1. The van der Waals surface area contributed by atoms with Gasteiger partial charge < -0.3 is 19.7 Å². The summed E-state index contributed by atoms with van der Waals surface area (Å²) in [5.41, 5.74) is 6.67. The number of amides is 2. The van der Waals surface area contributed by atoms with E-state index in [1.807, 2.05) is 0 Å². The van der Waals surface area contributed by atoms with E-state index in [1.165, 1.54) is 27.6 Å². The predicted molar refractivity (Wildman–Crippen MR) is 181 cm³/mol. The number of carbonyl (C=O) groups is 2. The summed E-state index contributed by atoms with van der Waals surface area (Å²) >= 11 is 1.64. The number of H-pyrrole nitrogens is 1. The number of hydrogen-bond acceptors (Lipinski definition) is 6. The van der Waals surface area contributed by atoms with Crippen LogP contribution in [0, 0.1) is 19.8 Å². The number of aryl methyl sites for hydroxylation is 2. The minimum atomic E-state index is -3.00. The van der Waals surface area contributed by atoms with Crippen LogP contribution in [0.5, 0.6) is 0 Å². The highest BCUT2D eigenvalue weighted by molar-refractivity contribution is 7.91. The number of hydrogen-bond donors (Lipinski definition) is 1. The third-order valence-electron chi connectivity index (χ3n) is 10.6. The number of sulfone groups is 1. The lowest BCUT2D eigenvalue weighted by Crippen LogP contribution is -2.44. The second-order valence-electron chi connectivity index (χ2n) is 13.8. The number of benzene rings is 1. The molecule has 3 aromatic rings. The molecular weight excluding hydrogens is 605 g/mol. The summed E-state index contributed by atoms with van der Waals surface area (Å²) in [5, 5.41) is 1.17. The van der Waals surface area contributed by atoms with Crippen LogP contribution >= 0.6 is 11.3 Å². The molecule has 4 aliphatic heterocycles. The number of likely N-dealkylation sites (tertiary alicyclic amines) is 1. The van der Waals surface area contributed by atoms with E-state index >= 15 is 0 Å². The summed E-state index contributed by atoms with van der Waals surface area (Å²) in [5.74, 6) is 0.639. The number of thiophene rings is 1. The van der Waals surface area contributed by atoms with Gasteiger partial charge in [0.05, 0.1) is 17.2 Å². The van der Waals surface area contributed by atoms with Crippen molar-refractivity contribution in [2.75, 3.05) is 44.2 Å². The van der Waals surface area contributed by atoms with Crippen molar-refractivity contribution in [1.29, 1.82) is 0 Å². The van der Waals surface area contributed by atoms with E-state index in [2.05, 4.69) is 59.5 Å². The molecule has 10 heteroatoms. The van der Waals surface area contributed by atoms with Crippen LogP contribution in [-0.4, -0.2) is 96.2 Å². The Labute approximate surface area is 270 Å². The quantitative estimate of drug-likeness (QED) is 0.340. The zero-order chi connectivity index (χ0) is 31.5. The highest BCUT2D eigenvalue weighted by Crippen LogP contribution is 2.42. The fourth-order valence-corrected chi connectivity index (χ4v) is 10.5. The maximum atomic E-state index is 13.6. The largest absolute Gasteiger partial charge is 0.346 e. The van der Waals surface area contributed by atoms with Gasteiger partial charge in [0.2, 0.25) is 5.91 Å². The van der Waals surface area contributed by atoms with Gasteiger partial charge in [-0.3, -0.25) is 9.59 Å². The molecule has 2 bridgehead atoms. The average molecular weight is 649 g/mol. The average Bonchev–Trinajstić information content (AvgIpc) is 3.82. The Bertz CT molecular complexity index is 1720. The smallest absolute Gasteiger partial charge is 0.255 e. The molecule has 7 rings (SSSR count). The Hall–Kier alpha value is -2.95. The van der Waals surface area contributed by atoms with E-state index in [-0.39, 0.29) is 23.3 Å². The lowest BCUT2D eigenvalue weighted by atomic mass is 9.99. The molecule has 2 aromatic heterocycles. The Morgan fingerprint density at radius 1 is 0.956 bits per heavy atom. The summed E-state index contributed by atoms with van der Waals surface area (Å²) in [4.78, 5) is 38.6. The van der Waals surface area contributed by atoms with Gasteiger partial charge in [-0.25, -0.2) is 8.42 Å². The molecule has 0 spiro atoms. The van der Waals surface area contributed by atoms with Crippen LogP contribution in [0.15, 0.2) is 30.8 Å². The number of carbonyl (C=O) groups excluding carboxylic acids is 2. The number of aromatic amines is 1. The fourth-order valence-electron chi connectivity index (χ4n) is 8.20. The summed E-state index contributed by atoms with van der Waals surface area (Å²) in [7, 11) is -3.00. The third kappa shape index (κ3) is 6.13. The molecule has 4 saturated heterocycles. The highest BCUT2D eigenvalue weighted by atomic mass is 32.2. The van der Waals surface area contributed by atoms with Gasteiger partial charge >= 0.3 is 0 Å². The van der Waals surface area contributed by atoms with Gasteiger partial charge in [-0.15, -0.1) is 11.3 Å². The van der Waals surface area contributed by atoms with Gasteiger partial charge in [-0.2, -0.15) is 0 Å². The first-order valence-electron chi connectivity index (χ1n) is 16.5. The molecule has 45 heavy (non-hydrogen) atoms. The van der Waals surface area contributed by atoms with Crippen molar-refractivity contribution < 1.29 is 18.0 Å². The van der Waals surface area contributed by atoms with Crippen molar-refractivity contribution in [1.82, 2.24) is 19.7 Å². The monoisotopic (exact) mass is 648 g/mol. The summed E-state index contributed by atoms with van der Waals surface area (Å²) < 4.78 is 23.6. The van der Waals surface area contributed by atoms with E-state index in [1.54, 1.807) is 16.2 Å². The number of nitrogens with zero attached hydrogens (tertiary/aromatic N) is 3. The predicted octanol–water partition coefficient (Wildman–Crippen LogP) is 5.19. The molecule has 0 radical (unpaired) electrons. The van der Waals surface area contributed by atoms with Crippen molar-refractivity contribution in [3.05, 3.63) is 52.4 Å². The highest BCUT2D eigenvalue weighted by Gasteiger charge is 2.43. The molecule has 8 nitrogen and oxygen atoms in total. The van der Waals surface area contributed by atoms with Crippen LogP contribution in [0.2, 0.25) is 0 Å². The van der Waals surface area contributed by atoms with Crippen LogP contribution in [-0.2, 0) is 25.8 Å². The molecular formula is C35H44N4O4S2. The molecule has 1 unspecified atom stereocenters. The van der Waals surface area contributed by atoms with E-state index in [0.29, 0.717) is 43.1 Å². The van der Waals surface area contributed by atoms with Crippen molar-refractivity contribution >= 4 is 48.8 Å². The second kappa shape index (κ2) is 12.0. The van der Waals surface area contributed by atoms with Crippen molar-refractivity contribution in [3.8, 4) is 11.3 Å². The Morgan fingerprint density at radius 2 is 1.62 bits per heavy atom. The lowest BCUT2D eigenvalue weighted by molar-refractivity contribution is -0.131. The van der Waals surface area contributed by atoms with E-state index < -0.39 is 9.84 Å². The standard InChI is InChI=1S/C35H44N4O4S2/c1-22-16-23(2)18-26(17-22)33-29(9-11-37-10-8-25(21-37)19-32(40)38-12-14-45(42,43)15-13-38)30-20-31(44-34(30)36-33)24(3)35(41)39-27-4-5-28(39)7-6-27/h16-18,20,25,27-28,36H,3-15,19,21H2,1-2H3. The van der Waals surface area contributed by atoms with Gasteiger partial charge in [-0.05, 0) is 94.2 Å². The van der Waals surface area contributed by atoms with Gasteiger partial charge in [-0.1, -0.05) is 23.8 Å². The number of fused-ring (bicyclic) bond motifs is 3. The summed E-state index contributed by atoms with van der Waals surface area (Å²) in [6.45, 7) is 11.9. The Balaban J connectivity index is 1.08. The van der Waals surface area contributed by atoms with Crippen molar-refractivity contribution in [3.63, 3.8) is 0 Å². The normalized spacial score (nSPS) is 24.6. The summed E-state index contributed by atoms with van der Waals surface area (Å²) in [6, 6.07) is 9.62. The first-order chi connectivity index (χ1) is 21.5. The van der Waals surface area contributed by atoms with E-state index in [9.17, 15) is 18.0 Å². The molecule has 0 saturated carbocycles. The van der Waals surface area contributed by atoms with E-state index in [0.717, 1.165) is 73.6 Å². The molecule has 6 heterocycles. The first-order valence-corrected chi connectivity index (χ1v) is 19.1. The maximum Gasteiger partial charge on any atom is 0.255 e. The van der Waals surface area contributed by atoms with Gasteiger partial charge in [0.15, 0.2) is 9.84 Å². The Kier molecular flexibility index (Phi) is 8.19. The van der Waals surface area contributed by atoms with Crippen LogP contribution in [0.25, 0.3) is 27.0 Å². The number of aromatic nitrogens is 1. The van der Waals surface area contributed by atoms with Crippen LogP contribution in [0.1, 0.15) is 60.1 Å². The summed E-state index contributed by atoms with van der Waals surface area (Å²) in [6.07, 6.45) is 6.80. The topological polar surface area (TPSA) is 93.8 Å². The minimum absolute atomic E-state index is 0.0779. The molecule has 240 valence electrons. The van der Waals surface area contributed by atoms with Gasteiger partial charge in [0.25, 0.3) is 5.91 Å². The van der Waals surface area contributed by atoms with Crippen molar-refractivity contribution in [2.24, 2.45) is 5.92 Å². The van der Waals surface area contributed by atoms with Crippen molar-refractivity contribution in [2.45, 2.75) is 70.9 Å².